The molecule has 1 fully saturated rings. The van der Waals surface area contributed by atoms with Crippen molar-refractivity contribution in [3.63, 3.8) is 0 Å². The number of pyridine rings is 1. The van der Waals surface area contributed by atoms with E-state index in [1.165, 1.54) is 5.56 Å². The number of ether oxygens (including phenoxy) is 1. The van der Waals surface area contributed by atoms with Gasteiger partial charge in [0.05, 0.1) is 11.7 Å². The van der Waals surface area contributed by atoms with Crippen LogP contribution in [-0.2, 0) is 4.79 Å². The van der Waals surface area contributed by atoms with Crippen LogP contribution in [0.2, 0.25) is 0 Å². The number of likely N-dealkylation sites (tertiary alicyclic amines) is 1. The molecule has 0 radical (unpaired) electrons. The van der Waals surface area contributed by atoms with Crippen LogP contribution in [0.3, 0.4) is 0 Å². The molecule has 4 rings (SSSR count). The fraction of sp³-hybridized carbons (Fsp3) is 0.333. The molecule has 1 unspecified atom stereocenters. The largest absolute Gasteiger partial charge is 0.492 e. The minimum Gasteiger partial charge on any atom is -0.492 e. The number of hydrogen-bond donors (Lipinski definition) is 1. The average molecular weight is 430 g/mol. The van der Waals surface area contributed by atoms with Gasteiger partial charge in [-0.1, -0.05) is 54.1 Å². The van der Waals surface area contributed by atoms with Crippen LogP contribution < -0.4 is 10.1 Å². The maximum absolute atomic E-state index is 13.2. The maximum atomic E-state index is 13.2. The molecular weight excluding hydrogens is 398 g/mol. The van der Waals surface area contributed by atoms with Crippen LogP contribution >= 0.6 is 0 Å². The first-order valence-corrected chi connectivity index (χ1v) is 11.4. The summed E-state index contributed by atoms with van der Waals surface area (Å²) in [6.07, 6.45) is 3.50. The maximum Gasteiger partial charge on any atom is 0.224 e. The normalized spacial score (nSPS) is 15.8. The zero-order chi connectivity index (χ0) is 22.2. The van der Waals surface area contributed by atoms with Gasteiger partial charge in [0.15, 0.2) is 0 Å². The van der Waals surface area contributed by atoms with E-state index in [9.17, 15) is 4.79 Å². The van der Waals surface area contributed by atoms with Gasteiger partial charge in [-0.05, 0) is 62.7 Å². The van der Waals surface area contributed by atoms with Gasteiger partial charge in [-0.2, -0.15) is 0 Å². The van der Waals surface area contributed by atoms with Gasteiger partial charge in [-0.15, -0.1) is 0 Å². The lowest BCUT2D eigenvalue weighted by molar-refractivity contribution is -0.127. The van der Waals surface area contributed by atoms with Gasteiger partial charge in [0.25, 0.3) is 0 Å². The summed E-state index contributed by atoms with van der Waals surface area (Å²) in [6.45, 7) is 5.43. The SMILES string of the molecule is Cc1cccc(C(NC(=O)C2CCN(CCOc3ccccc3)CC2)c2ccccn2)c1. The number of para-hydroxylation sites is 1. The second kappa shape index (κ2) is 10.9. The third-order valence-corrected chi connectivity index (χ3v) is 6.02. The number of carbonyl (C=O) groups excluding carboxylic acids is 1. The van der Waals surface area contributed by atoms with Gasteiger partial charge in [-0.3, -0.25) is 14.7 Å². The summed E-state index contributed by atoms with van der Waals surface area (Å²) in [6, 6.07) is 23.8. The van der Waals surface area contributed by atoms with E-state index < -0.39 is 0 Å². The van der Waals surface area contributed by atoms with Crippen LogP contribution in [0.4, 0.5) is 0 Å². The van der Waals surface area contributed by atoms with Crippen LogP contribution in [0.25, 0.3) is 0 Å². The first kappa shape index (κ1) is 22.0. The molecule has 1 aliphatic rings. The third-order valence-electron chi connectivity index (χ3n) is 6.02. The van der Waals surface area contributed by atoms with Crippen molar-refractivity contribution in [2.45, 2.75) is 25.8 Å². The molecule has 0 spiro atoms. The molecule has 32 heavy (non-hydrogen) atoms. The van der Waals surface area contributed by atoms with E-state index in [4.69, 9.17) is 4.74 Å². The van der Waals surface area contributed by atoms with E-state index in [1.807, 2.05) is 54.6 Å². The van der Waals surface area contributed by atoms with Gasteiger partial charge in [0.2, 0.25) is 5.91 Å². The highest BCUT2D eigenvalue weighted by Crippen LogP contribution is 2.24. The molecule has 0 saturated carbocycles. The van der Waals surface area contributed by atoms with Crippen molar-refractivity contribution in [2.75, 3.05) is 26.2 Å². The van der Waals surface area contributed by atoms with E-state index in [0.29, 0.717) is 6.61 Å². The second-order valence-electron chi connectivity index (χ2n) is 8.39. The monoisotopic (exact) mass is 429 g/mol. The summed E-state index contributed by atoms with van der Waals surface area (Å²) < 4.78 is 5.82. The molecule has 1 amide bonds. The van der Waals surface area contributed by atoms with Crippen LogP contribution in [0.15, 0.2) is 79.0 Å². The number of nitrogens with zero attached hydrogens (tertiary/aromatic N) is 2. The molecule has 5 nitrogen and oxygen atoms in total. The summed E-state index contributed by atoms with van der Waals surface area (Å²) in [4.78, 5) is 20.1. The Morgan fingerprint density at radius 3 is 2.56 bits per heavy atom. The van der Waals surface area contributed by atoms with Crippen molar-refractivity contribution in [1.29, 1.82) is 0 Å². The Labute approximate surface area is 190 Å². The first-order chi connectivity index (χ1) is 15.7. The summed E-state index contributed by atoms with van der Waals surface area (Å²) in [5, 5.41) is 3.28. The summed E-state index contributed by atoms with van der Waals surface area (Å²) >= 11 is 0. The van der Waals surface area contributed by atoms with Gasteiger partial charge in [0.1, 0.15) is 12.4 Å². The minimum absolute atomic E-state index is 0.0253. The van der Waals surface area contributed by atoms with Crippen LogP contribution in [0.5, 0.6) is 5.75 Å². The van der Waals surface area contributed by atoms with E-state index in [2.05, 4.69) is 40.3 Å². The fourth-order valence-electron chi connectivity index (χ4n) is 4.21. The van der Waals surface area contributed by atoms with Gasteiger partial charge in [-0.25, -0.2) is 0 Å². The summed E-state index contributed by atoms with van der Waals surface area (Å²) in [5.41, 5.74) is 3.10. The van der Waals surface area contributed by atoms with Crippen molar-refractivity contribution in [3.8, 4) is 5.75 Å². The third kappa shape index (κ3) is 5.95. The number of rotatable bonds is 8. The Hall–Kier alpha value is -3.18. The number of benzene rings is 2. The summed E-state index contributed by atoms with van der Waals surface area (Å²) in [7, 11) is 0. The Kier molecular flexibility index (Phi) is 7.51. The number of carbonyl (C=O) groups is 1. The van der Waals surface area contributed by atoms with E-state index in [1.54, 1.807) is 6.20 Å². The Morgan fingerprint density at radius 2 is 1.84 bits per heavy atom. The fourth-order valence-corrected chi connectivity index (χ4v) is 4.21. The molecule has 1 aromatic heterocycles. The lowest BCUT2D eigenvalue weighted by atomic mass is 9.94. The van der Waals surface area contributed by atoms with Crippen LogP contribution in [0, 0.1) is 12.8 Å². The number of amides is 1. The van der Waals surface area contributed by atoms with Gasteiger partial charge in [0, 0.05) is 18.7 Å². The van der Waals surface area contributed by atoms with Gasteiger partial charge >= 0.3 is 0 Å². The first-order valence-electron chi connectivity index (χ1n) is 11.4. The molecule has 2 heterocycles. The quantitative estimate of drug-likeness (QED) is 0.577. The van der Waals surface area contributed by atoms with E-state index in [0.717, 1.165) is 49.5 Å². The highest BCUT2D eigenvalue weighted by molar-refractivity contribution is 5.79. The molecule has 1 saturated heterocycles. The summed E-state index contributed by atoms with van der Waals surface area (Å²) in [5.74, 6) is 1.04. The molecule has 166 valence electrons. The molecule has 1 atom stereocenters. The molecule has 3 aromatic rings. The average Bonchev–Trinajstić information content (AvgIpc) is 2.84. The predicted octanol–water partition coefficient (Wildman–Crippen LogP) is 4.39. The molecular formula is C27H31N3O2. The number of aryl methyl sites for hydroxylation is 1. The standard InChI is InChI=1S/C27H31N3O2/c1-21-8-7-9-23(20-21)26(25-12-5-6-15-28-25)29-27(31)22-13-16-30(17-14-22)18-19-32-24-10-3-2-4-11-24/h2-12,15,20,22,26H,13-14,16-19H2,1H3,(H,29,31). The molecule has 0 bridgehead atoms. The predicted molar refractivity (Wildman–Crippen MR) is 127 cm³/mol. The number of aromatic nitrogens is 1. The number of hydrogen-bond acceptors (Lipinski definition) is 4. The smallest absolute Gasteiger partial charge is 0.224 e. The zero-order valence-corrected chi connectivity index (χ0v) is 18.6. The Bertz CT molecular complexity index is 986. The van der Waals surface area contributed by atoms with E-state index in [-0.39, 0.29) is 17.9 Å². The van der Waals surface area contributed by atoms with Gasteiger partial charge < -0.3 is 10.1 Å². The number of nitrogens with one attached hydrogen (secondary N) is 1. The van der Waals surface area contributed by atoms with Crippen molar-refractivity contribution in [1.82, 2.24) is 15.2 Å². The highest BCUT2D eigenvalue weighted by atomic mass is 16.5. The molecule has 5 heteroatoms. The Morgan fingerprint density at radius 1 is 1.06 bits per heavy atom. The lowest BCUT2D eigenvalue weighted by Crippen LogP contribution is -2.43. The lowest BCUT2D eigenvalue weighted by Gasteiger charge is -2.32. The van der Waals surface area contributed by atoms with Crippen molar-refractivity contribution in [2.24, 2.45) is 5.92 Å². The molecule has 1 N–H and O–H groups in total. The topological polar surface area (TPSA) is 54.5 Å². The Balaban J connectivity index is 1.31. The molecule has 0 aliphatic carbocycles. The minimum atomic E-state index is -0.235. The van der Waals surface area contributed by atoms with E-state index >= 15 is 0 Å². The van der Waals surface area contributed by atoms with Crippen molar-refractivity contribution >= 4 is 5.91 Å². The zero-order valence-electron chi connectivity index (χ0n) is 18.6. The van der Waals surface area contributed by atoms with Crippen molar-refractivity contribution in [3.05, 3.63) is 95.8 Å². The highest BCUT2D eigenvalue weighted by Gasteiger charge is 2.27. The van der Waals surface area contributed by atoms with Crippen LogP contribution in [0.1, 0.15) is 35.7 Å². The van der Waals surface area contributed by atoms with Crippen molar-refractivity contribution < 1.29 is 9.53 Å². The molecule has 1 aliphatic heterocycles. The molecule has 2 aromatic carbocycles. The van der Waals surface area contributed by atoms with Crippen LogP contribution in [-0.4, -0.2) is 42.0 Å². The number of piperidine rings is 1. The second-order valence-corrected chi connectivity index (χ2v) is 8.39.